The van der Waals surface area contributed by atoms with Crippen LogP contribution in [0.15, 0.2) is 37.1 Å². The third-order valence-corrected chi connectivity index (χ3v) is 8.02. The van der Waals surface area contributed by atoms with Gasteiger partial charge in [-0.2, -0.15) is 0 Å². The van der Waals surface area contributed by atoms with E-state index in [4.69, 9.17) is 28.7 Å². The molecule has 0 unspecified atom stereocenters. The number of hydrogen-bond acceptors (Lipinski definition) is 10. The lowest BCUT2D eigenvalue weighted by molar-refractivity contribution is -0.216. The average Bonchev–Trinajstić information content (AvgIpc) is 3.46. The van der Waals surface area contributed by atoms with Crippen molar-refractivity contribution in [3.8, 4) is 22.8 Å². The van der Waals surface area contributed by atoms with Crippen LogP contribution in [0.1, 0.15) is 12.8 Å². The van der Waals surface area contributed by atoms with Gasteiger partial charge in [0.15, 0.2) is 28.9 Å². The molecule has 2 fully saturated rings. The van der Waals surface area contributed by atoms with Crippen molar-refractivity contribution < 1.29 is 37.3 Å². The van der Waals surface area contributed by atoms with Crippen molar-refractivity contribution in [1.82, 2.24) is 15.3 Å². The van der Waals surface area contributed by atoms with Crippen LogP contribution in [0.4, 0.5) is 20.4 Å². The quantitative estimate of drug-likeness (QED) is 0.264. The van der Waals surface area contributed by atoms with Gasteiger partial charge in [0.05, 0.1) is 50.8 Å². The third kappa shape index (κ3) is 5.92. The van der Waals surface area contributed by atoms with Crippen molar-refractivity contribution in [2.75, 3.05) is 65.0 Å². The molecule has 5 rings (SSSR count). The number of anilines is 2. The van der Waals surface area contributed by atoms with Crippen molar-refractivity contribution in [2.45, 2.75) is 30.7 Å². The van der Waals surface area contributed by atoms with Crippen molar-refractivity contribution >= 4 is 28.3 Å². The maximum Gasteiger partial charge on any atom is 0.243 e. The fourth-order valence-corrected chi connectivity index (χ4v) is 5.51. The van der Waals surface area contributed by atoms with Gasteiger partial charge in [-0.25, -0.2) is 18.7 Å². The Labute approximate surface area is 248 Å². The standard InChI is InChI=1S/C30H35F2N5O6/c1-6-25(38)35-21-16-43-15-20(21)34-24-12-18-17(14-33-24)11-19(26-27(31)22(39-2)13-23(40-3)28(26)32)36-29(18)37-9-7-30(41-4,42-5)8-10-37/h6,11-14,20-21H,1,7-10,15-16H2,2-5H3,(H,33,34)(H,35,38)/t20-,21+/m1/s1. The number of benzene rings is 1. The number of piperidine rings is 1. The molecule has 2 aromatic heterocycles. The first-order valence-corrected chi connectivity index (χ1v) is 13.8. The van der Waals surface area contributed by atoms with Crippen LogP contribution in [0, 0.1) is 11.6 Å². The lowest BCUT2D eigenvalue weighted by Crippen LogP contribution is -2.47. The van der Waals surface area contributed by atoms with E-state index in [0.717, 1.165) is 6.07 Å². The van der Waals surface area contributed by atoms with Crippen LogP contribution in [-0.2, 0) is 19.0 Å². The first-order chi connectivity index (χ1) is 20.8. The summed E-state index contributed by atoms with van der Waals surface area (Å²) in [6.07, 6.45) is 3.92. The Balaban J connectivity index is 1.59. The zero-order valence-electron chi connectivity index (χ0n) is 24.5. The molecule has 0 radical (unpaired) electrons. The van der Waals surface area contributed by atoms with Gasteiger partial charge in [-0.05, 0) is 18.2 Å². The topological polar surface area (TPSA) is 116 Å². The number of nitrogens with zero attached hydrogens (tertiary/aromatic N) is 3. The number of ether oxygens (including phenoxy) is 5. The molecule has 43 heavy (non-hydrogen) atoms. The number of fused-ring (bicyclic) bond motifs is 1. The highest BCUT2D eigenvalue weighted by Gasteiger charge is 2.36. The summed E-state index contributed by atoms with van der Waals surface area (Å²) in [6, 6.07) is 4.05. The van der Waals surface area contributed by atoms with E-state index in [1.54, 1.807) is 26.5 Å². The number of rotatable bonds is 10. The number of methoxy groups -OCH3 is 4. The number of hydrogen-bond donors (Lipinski definition) is 2. The number of nitrogens with one attached hydrogen (secondary N) is 2. The summed E-state index contributed by atoms with van der Waals surface area (Å²) in [5.74, 6) is -2.12. The van der Waals surface area contributed by atoms with E-state index in [-0.39, 0.29) is 40.7 Å². The Bertz CT molecular complexity index is 1480. The Morgan fingerprint density at radius 2 is 1.70 bits per heavy atom. The highest BCUT2D eigenvalue weighted by Crippen LogP contribution is 2.40. The highest BCUT2D eigenvalue weighted by molar-refractivity contribution is 5.96. The van der Waals surface area contributed by atoms with E-state index in [2.05, 4.69) is 22.2 Å². The molecule has 4 heterocycles. The molecule has 2 N–H and O–H groups in total. The normalized spacial score (nSPS) is 19.7. The van der Waals surface area contributed by atoms with Gasteiger partial charge in [0.2, 0.25) is 5.91 Å². The number of carbonyl (C=O) groups is 1. The van der Waals surface area contributed by atoms with E-state index < -0.39 is 17.4 Å². The number of pyridine rings is 2. The molecule has 0 spiro atoms. The lowest BCUT2D eigenvalue weighted by Gasteiger charge is -2.40. The first kappa shape index (κ1) is 30.4. The summed E-state index contributed by atoms with van der Waals surface area (Å²) in [5.41, 5.74) is -0.311. The Hall–Kier alpha value is -4.07. The average molecular weight is 600 g/mol. The predicted octanol–water partition coefficient (Wildman–Crippen LogP) is 3.66. The fourth-order valence-electron chi connectivity index (χ4n) is 5.51. The minimum Gasteiger partial charge on any atom is -0.494 e. The Kier molecular flexibility index (Phi) is 8.95. The van der Waals surface area contributed by atoms with E-state index in [1.165, 1.54) is 20.3 Å². The molecule has 2 aliphatic heterocycles. The maximum atomic E-state index is 15.6. The van der Waals surface area contributed by atoms with Crippen molar-refractivity contribution in [2.24, 2.45) is 0 Å². The van der Waals surface area contributed by atoms with Crippen LogP contribution in [0.25, 0.3) is 22.0 Å². The van der Waals surface area contributed by atoms with Crippen molar-refractivity contribution in [3.05, 3.63) is 48.7 Å². The predicted molar refractivity (Wildman–Crippen MR) is 157 cm³/mol. The molecule has 2 atom stereocenters. The second-order valence-electron chi connectivity index (χ2n) is 10.3. The van der Waals surface area contributed by atoms with Gasteiger partial charge in [0.25, 0.3) is 0 Å². The van der Waals surface area contributed by atoms with Crippen molar-refractivity contribution in [3.63, 3.8) is 0 Å². The molecule has 3 aromatic rings. The monoisotopic (exact) mass is 599 g/mol. The Morgan fingerprint density at radius 1 is 1.05 bits per heavy atom. The van der Waals surface area contributed by atoms with Crippen LogP contribution < -0.4 is 25.0 Å². The van der Waals surface area contributed by atoms with Gasteiger partial charge >= 0.3 is 0 Å². The van der Waals surface area contributed by atoms with E-state index in [1.807, 2.05) is 11.0 Å². The minimum absolute atomic E-state index is 0.0592. The summed E-state index contributed by atoms with van der Waals surface area (Å²) in [6.45, 7) is 5.24. The number of aromatic nitrogens is 2. The van der Waals surface area contributed by atoms with Crippen LogP contribution in [-0.4, -0.2) is 88.5 Å². The first-order valence-electron chi connectivity index (χ1n) is 13.8. The third-order valence-electron chi connectivity index (χ3n) is 8.02. The van der Waals surface area contributed by atoms with E-state index in [9.17, 15) is 4.79 Å². The molecule has 230 valence electrons. The minimum atomic E-state index is -0.893. The smallest absolute Gasteiger partial charge is 0.243 e. The maximum absolute atomic E-state index is 15.6. The number of carbonyl (C=O) groups excluding carboxylic acids is 1. The van der Waals surface area contributed by atoms with Gasteiger partial charge in [0, 0.05) is 63.2 Å². The zero-order valence-corrected chi connectivity index (χ0v) is 24.5. The molecule has 1 aromatic carbocycles. The van der Waals surface area contributed by atoms with Crippen molar-refractivity contribution in [1.29, 1.82) is 0 Å². The molecular weight excluding hydrogens is 564 g/mol. The second kappa shape index (κ2) is 12.7. The van der Waals surface area contributed by atoms with Crippen LogP contribution in [0.5, 0.6) is 11.5 Å². The van der Waals surface area contributed by atoms with Crippen LogP contribution in [0.2, 0.25) is 0 Å². The molecule has 2 saturated heterocycles. The summed E-state index contributed by atoms with van der Waals surface area (Å²) in [7, 11) is 5.81. The van der Waals surface area contributed by atoms with Crippen LogP contribution >= 0.6 is 0 Å². The number of amides is 1. The van der Waals surface area contributed by atoms with E-state index >= 15 is 8.78 Å². The summed E-state index contributed by atoms with van der Waals surface area (Å²) in [4.78, 5) is 23.3. The molecule has 13 heteroatoms. The molecule has 0 aliphatic carbocycles. The number of halogens is 2. The van der Waals surface area contributed by atoms with E-state index in [0.29, 0.717) is 61.6 Å². The molecular formula is C30H35F2N5O6. The zero-order chi connectivity index (χ0) is 30.7. The summed E-state index contributed by atoms with van der Waals surface area (Å²) >= 11 is 0. The van der Waals surface area contributed by atoms with Gasteiger partial charge in [-0.3, -0.25) is 4.79 Å². The Morgan fingerprint density at radius 3 is 2.30 bits per heavy atom. The summed E-state index contributed by atoms with van der Waals surface area (Å²) in [5, 5.41) is 7.53. The highest BCUT2D eigenvalue weighted by atomic mass is 19.1. The fraction of sp³-hybridized carbons (Fsp3) is 0.433. The SMILES string of the molecule is C=CC(=O)N[C@H]1COC[C@H]1Nc1cc2c(N3CCC(OC)(OC)CC3)nc(-c3c(F)c(OC)cc(OC)c3F)cc2cn1. The summed E-state index contributed by atoms with van der Waals surface area (Å²) < 4.78 is 58.3. The van der Waals surface area contributed by atoms with Gasteiger partial charge in [-0.1, -0.05) is 6.58 Å². The molecule has 2 aliphatic rings. The van der Waals surface area contributed by atoms with Gasteiger partial charge < -0.3 is 39.2 Å². The van der Waals surface area contributed by atoms with Gasteiger partial charge in [0.1, 0.15) is 11.6 Å². The second-order valence-corrected chi connectivity index (χ2v) is 10.3. The molecule has 11 nitrogen and oxygen atoms in total. The molecule has 0 bridgehead atoms. The lowest BCUT2D eigenvalue weighted by atomic mass is 10.0. The molecule has 1 amide bonds. The largest absolute Gasteiger partial charge is 0.494 e. The van der Waals surface area contributed by atoms with Gasteiger partial charge in [-0.15, -0.1) is 0 Å². The van der Waals surface area contributed by atoms with Crippen LogP contribution in [0.3, 0.4) is 0 Å². The molecule has 0 saturated carbocycles.